The first-order valence-electron chi connectivity index (χ1n) is 9.26. The van der Waals surface area contributed by atoms with Gasteiger partial charge in [0.2, 0.25) is 0 Å². The summed E-state index contributed by atoms with van der Waals surface area (Å²) in [5.74, 6) is -0.960. The SMILES string of the molecule is CCC(C)(C)C(=O)OC1(c2ccc(OCC(F)(F)F)c(O)c2)CCCCC1. The lowest BCUT2D eigenvalue weighted by Gasteiger charge is -2.39. The van der Waals surface area contributed by atoms with E-state index in [1.807, 2.05) is 20.8 Å². The molecule has 0 amide bonds. The second-order valence-electron chi connectivity index (χ2n) is 7.77. The van der Waals surface area contributed by atoms with Crippen LogP contribution in [0.2, 0.25) is 0 Å². The van der Waals surface area contributed by atoms with Gasteiger partial charge in [-0.05, 0) is 63.6 Å². The minimum atomic E-state index is -4.49. The van der Waals surface area contributed by atoms with E-state index in [2.05, 4.69) is 4.74 Å². The fraction of sp³-hybridized carbons (Fsp3) is 0.650. The number of hydrogen-bond donors (Lipinski definition) is 1. The Morgan fingerprint density at radius 2 is 1.81 bits per heavy atom. The summed E-state index contributed by atoms with van der Waals surface area (Å²) in [6.07, 6.45) is 0.116. The number of carbonyl (C=O) groups excluding carboxylic acids is 1. The Balaban J connectivity index is 2.29. The third kappa shape index (κ3) is 5.30. The molecule has 1 fully saturated rings. The zero-order valence-electron chi connectivity index (χ0n) is 16.0. The number of rotatable bonds is 6. The van der Waals surface area contributed by atoms with E-state index in [9.17, 15) is 23.1 Å². The second kappa shape index (κ2) is 7.98. The number of carbonyl (C=O) groups is 1. The van der Waals surface area contributed by atoms with Crippen LogP contribution in [-0.4, -0.2) is 23.9 Å². The Kier molecular flexibility index (Phi) is 6.32. The topological polar surface area (TPSA) is 55.8 Å². The molecular formula is C20H27F3O4. The van der Waals surface area contributed by atoms with Crippen molar-refractivity contribution < 1.29 is 32.5 Å². The maximum absolute atomic E-state index is 12.7. The van der Waals surface area contributed by atoms with E-state index in [4.69, 9.17) is 4.74 Å². The third-order valence-electron chi connectivity index (χ3n) is 5.26. The zero-order chi connectivity index (χ0) is 20.3. The van der Waals surface area contributed by atoms with E-state index in [0.717, 1.165) is 19.3 Å². The Hall–Kier alpha value is -1.92. The largest absolute Gasteiger partial charge is 0.504 e. The van der Waals surface area contributed by atoms with Crippen LogP contribution in [0.4, 0.5) is 13.2 Å². The van der Waals surface area contributed by atoms with Crippen LogP contribution in [0, 0.1) is 5.41 Å². The van der Waals surface area contributed by atoms with Crippen molar-refractivity contribution in [2.24, 2.45) is 5.41 Å². The second-order valence-corrected chi connectivity index (χ2v) is 7.77. The Bertz CT molecular complexity index is 662. The first-order valence-corrected chi connectivity index (χ1v) is 9.26. The van der Waals surface area contributed by atoms with Crippen LogP contribution in [0.3, 0.4) is 0 Å². The van der Waals surface area contributed by atoms with Crippen molar-refractivity contribution in [3.63, 3.8) is 0 Å². The number of phenolic OH excluding ortho intramolecular Hbond substituents is 1. The zero-order valence-corrected chi connectivity index (χ0v) is 16.0. The lowest BCUT2D eigenvalue weighted by Crippen LogP contribution is -2.39. The number of hydrogen-bond acceptors (Lipinski definition) is 4. The van der Waals surface area contributed by atoms with E-state index in [1.54, 1.807) is 6.07 Å². The Labute approximate surface area is 157 Å². The molecular weight excluding hydrogens is 361 g/mol. The lowest BCUT2D eigenvalue weighted by molar-refractivity contribution is -0.176. The summed E-state index contributed by atoms with van der Waals surface area (Å²) >= 11 is 0. The molecule has 0 aromatic heterocycles. The van der Waals surface area contributed by atoms with Crippen molar-refractivity contribution in [1.29, 1.82) is 0 Å². The lowest BCUT2D eigenvalue weighted by atomic mass is 9.78. The summed E-state index contributed by atoms with van der Waals surface area (Å²) in [7, 11) is 0. The number of benzene rings is 1. The first-order chi connectivity index (χ1) is 12.5. The monoisotopic (exact) mass is 388 g/mol. The van der Waals surface area contributed by atoms with Crippen molar-refractivity contribution in [2.75, 3.05) is 6.61 Å². The molecule has 0 aliphatic heterocycles. The maximum Gasteiger partial charge on any atom is 0.422 e. The van der Waals surface area contributed by atoms with Gasteiger partial charge in [0.25, 0.3) is 0 Å². The molecule has 0 atom stereocenters. The molecule has 1 aliphatic carbocycles. The van der Waals surface area contributed by atoms with Crippen molar-refractivity contribution in [3.05, 3.63) is 23.8 Å². The van der Waals surface area contributed by atoms with Gasteiger partial charge in [-0.3, -0.25) is 4.79 Å². The summed E-state index contributed by atoms with van der Waals surface area (Å²) in [5.41, 5.74) is -0.927. The summed E-state index contributed by atoms with van der Waals surface area (Å²) < 4.78 is 47.6. The number of phenols is 1. The fourth-order valence-corrected chi connectivity index (χ4v) is 3.11. The van der Waals surface area contributed by atoms with Gasteiger partial charge in [-0.2, -0.15) is 13.2 Å². The molecule has 1 aromatic carbocycles. The van der Waals surface area contributed by atoms with Gasteiger partial charge in [0.15, 0.2) is 18.1 Å². The first kappa shape index (κ1) is 21.4. The van der Waals surface area contributed by atoms with Crippen LogP contribution in [0.15, 0.2) is 18.2 Å². The molecule has 0 bridgehead atoms. The highest BCUT2D eigenvalue weighted by Crippen LogP contribution is 2.44. The number of esters is 1. The average Bonchev–Trinajstić information content (AvgIpc) is 2.60. The smallest absolute Gasteiger partial charge is 0.422 e. The molecule has 4 nitrogen and oxygen atoms in total. The van der Waals surface area contributed by atoms with Gasteiger partial charge in [0, 0.05) is 0 Å². The Morgan fingerprint density at radius 1 is 1.19 bits per heavy atom. The molecule has 27 heavy (non-hydrogen) atoms. The predicted octanol–water partition coefficient (Wildman–Crippen LogP) is 5.47. The van der Waals surface area contributed by atoms with Gasteiger partial charge in [0.05, 0.1) is 5.41 Å². The van der Waals surface area contributed by atoms with Gasteiger partial charge in [-0.25, -0.2) is 0 Å². The summed E-state index contributed by atoms with van der Waals surface area (Å²) in [5, 5.41) is 10.1. The van der Waals surface area contributed by atoms with E-state index >= 15 is 0 Å². The molecule has 1 aromatic rings. The van der Waals surface area contributed by atoms with Crippen LogP contribution >= 0.6 is 0 Å². The molecule has 2 rings (SSSR count). The number of aromatic hydroxyl groups is 1. The maximum atomic E-state index is 12.7. The molecule has 0 saturated heterocycles. The average molecular weight is 388 g/mol. The highest BCUT2D eigenvalue weighted by Gasteiger charge is 2.41. The highest BCUT2D eigenvalue weighted by molar-refractivity contribution is 5.76. The van der Waals surface area contributed by atoms with Gasteiger partial charge in [-0.1, -0.05) is 19.4 Å². The van der Waals surface area contributed by atoms with Crippen molar-refractivity contribution in [2.45, 2.75) is 71.1 Å². The minimum absolute atomic E-state index is 0.248. The van der Waals surface area contributed by atoms with Gasteiger partial charge < -0.3 is 14.6 Å². The summed E-state index contributed by atoms with van der Waals surface area (Å²) in [6, 6.07) is 4.22. The van der Waals surface area contributed by atoms with Gasteiger partial charge in [0.1, 0.15) is 5.60 Å². The quantitative estimate of drug-likeness (QED) is 0.657. The summed E-state index contributed by atoms with van der Waals surface area (Å²) in [4.78, 5) is 12.7. The van der Waals surface area contributed by atoms with Crippen LogP contribution < -0.4 is 4.74 Å². The third-order valence-corrected chi connectivity index (χ3v) is 5.26. The van der Waals surface area contributed by atoms with Crippen molar-refractivity contribution >= 4 is 5.97 Å². The van der Waals surface area contributed by atoms with Crippen LogP contribution in [0.5, 0.6) is 11.5 Å². The fourth-order valence-electron chi connectivity index (χ4n) is 3.11. The molecule has 0 unspecified atom stereocenters. The van der Waals surface area contributed by atoms with E-state index in [0.29, 0.717) is 24.8 Å². The van der Waals surface area contributed by atoms with Crippen LogP contribution in [0.1, 0.15) is 64.9 Å². The van der Waals surface area contributed by atoms with Crippen LogP contribution in [-0.2, 0) is 15.1 Å². The number of alkyl halides is 3. The Morgan fingerprint density at radius 3 is 2.33 bits per heavy atom. The molecule has 1 aliphatic rings. The minimum Gasteiger partial charge on any atom is -0.504 e. The standard InChI is InChI=1S/C20H27F3O4/c1-4-18(2,3)17(25)27-19(10-6-5-7-11-19)14-8-9-16(15(24)12-14)26-13-20(21,22)23/h8-9,12,24H,4-7,10-11,13H2,1-3H3. The molecule has 0 heterocycles. The normalized spacial score (nSPS) is 17.4. The van der Waals surface area contributed by atoms with E-state index in [1.165, 1.54) is 12.1 Å². The van der Waals surface area contributed by atoms with Gasteiger partial charge in [-0.15, -0.1) is 0 Å². The van der Waals surface area contributed by atoms with Crippen molar-refractivity contribution in [1.82, 2.24) is 0 Å². The molecule has 0 radical (unpaired) electrons. The molecule has 1 N–H and O–H groups in total. The number of ether oxygens (including phenoxy) is 2. The molecule has 1 saturated carbocycles. The molecule has 152 valence electrons. The molecule has 7 heteroatoms. The van der Waals surface area contributed by atoms with E-state index in [-0.39, 0.29) is 11.7 Å². The van der Waals surface area contributed by atoms with E-state index < -0.39 is 29.5 Å². The number of halogens is 3. The van der Waals surface area contributed by atoms with Gasteiger partial charge >= 0.3 is 12.1 Å². The van der Waals surface area contributed by atoms with Crippen molar-refractivity contribution in [3.8, 4) is 11.5 Å². The predicted molar refractivity (Wildman–Crippen MR) is 94.6 cm³/mol. The molecule has 0 spiro atoms. The summed E-state index contributed by atoms with van der Waals surface area (Å²) in [6.45, 7) is 4.06. The van der Waals surface area contributed by atoms with Crippen LogP contribution in [0.25, 0.3) is 0 Å². The highest BCUT2D eigenvalue weighted by atomic mass is 19.4.